The zero-order valence-corrected chi connectivity index (χ0v) is 13.2. The Balaban J connectivity index is 1.84. The Hall–Kier alpha value is -1.62. The van der Waals surface area contributed by atoms with Crippen molar-refractivity contribution in [3.63, 3.8) is 0 Å². The van der Waals surface area contributed by atoms with Crippen LogP contribution in [0.1, 0.15) is 43.0 Å². The molecule has 1 saturated carbocycles. The van der Waals surface area contributed by atoms with Crippen LogP contribution in [0.2, 0.25) is 5.02 Å². The minimum atomic E-state index is -0.874. The number of ether oxygens (including phenoxy) is 1. The van der Waals surface area contributed by atoms with E-state index in [1.807, 2.05) is 0 Å². The minimum absolute atomic E-state index is 0.118. The first-order valence-electron chi connectivity index (χ1n) is 7.39. The van der Waals surface area contributed by atoms with Gasteiger partial charge in [0.15, 0.2) is 6.61 Å². The molecule has 1 fully saturated rings. The Bertz CT molecular complexity index is 564. The van der Waals surface area contributed by atoms with Crippen LogP contribution < -0.4 is 5.32 Å². The lowest BCUT2D eigenvalue weighted by atomic mass is 9.86. The van der Waals surface area contributed by atoms with Crippen molar-refractivity contribution in [2.75, 3.05) is 6.61 Å². The molecule has 6 heteroatoms. The van der Waals surface area contributed by atoms with Crippen molar-refractivity contribution in [3.8, 4) is 0 Å². The Morgan fingerprint density at radius 2 is 2.09 bits per heavy atom. The molecular weight excluding hydrogens is 309 g/mol. The SMILES string of the molecule is C[C@@H]1CCCC[C@H]1NC(=O)COC(=O)c1ccc(Cl)cc1F. The third kappa shape index (κ3) is 4.44. The number of halogens is 2. The highest BCUT2D eigenvalue weighted by molar-refractivity contribution is 6.30. The van der Waals surface area contributed by atoms with Crippen LogP contribution in [0.4, 0.5) is 4.39 Å². The van der Waals surface area contributed by atoms with Crippen LogP contribution in [0.5, 0.6) is 0 Å². The lowest BCUT2D eigenvalue weighted by Crippen LogP contribution is -2.42. The van der Waals surface area contributed by atoms with Crippen LogP contribution >= 0.6 is 11.6 Å². The summed E-state index contributed by atoms with van der Waals surface area (Å²) < 4.78 is 18.4. The van der Waals surface area contributed by atoms with E-state index >= 15 is 0 Å². The fourth-order valence-electron chi connectivity index (χ4n) is 2.64. The molecule has 0 unspecified atom stereocenters. The molecule has 1 aromatic rings. The number of carbonyl (C=O) groups excluding carboxylic acids is 2. The van der Waals surface area contributed by atoms with Gasteiger partial charge in [0.1, 0.15) is 5.82 Å². The molecule has 0 aromatic heterocycles. The highest BCUT2D eigenvalue weighted by Gasteiger charge is 2.23. The maximum absolute atomic E-state index is 13.6. The van der Waals surface area contributed by atoms with Gasteiger partial charge in [-0.2, -0.15) is 0 Å². The molecule has 2 atom stereocenters. The van der Waals surface area contributed by atoms with E-state index in [4.69, 9.17) is 16.3 Å². The highest BCUT2D eigenvalue weighted by Crippen LogP contribution is 2.23. The smallest absolute Gasteiger partial charge is 0.341 e. The maximum atomic E-state index is 13.6. The molecule has 0 heterocycles. The number of hydrogen-bond donors (Lipinski definition) is 1. The minimum Gasteiger partial charge on any atom is -0.452 e. The van der Waals surface area contributed by atoms with Gasteiger partial charge in [-0.05, 0) is 37.0 Å². The van der Waals surface area contributed by atoms with E-state index in [2.05, 4.69) is 12.2 Å². The molecule has 1 amide bonds. The Morgan fingerprint density at radius 1 is 1.36 bits per heavy atom. The quantitative estimate of drug-likeness (QED) is 0.863. The molecule has 0 bridgehead atoms. The number of benzene rings is 1. The molecular formula is C16H19ClFNO3. The summed E-state index contributed by atoms with van der Waals surface area (Å²) in [6.07, 6.45) is 4.29. The van der Waals surface area contributed by atoms with E-state index in [1.165, 1.54) is 18.6 Å². The summed E-state index contributed by atoms with van der Waals surface area (Å²) in [5.41, 5.74) is -0.233. The van der Waals surface area contributed by atoms with Gasteiger partial charge in [0.05, 0.1) is 5.56 Å². The molecule has 0 aliphatic heterocycles. The van der Waals surface area contributed by atoms with Crippen molar-refractivity contribution >= 4 is 23.5 Å². The lowest BCUT2D eigenvalue weighted by Gasteiger charge is -2.29. The first-order valence-corrected chi connectivity index (χ1v) is 7.76. The molecule has 4 nitrogen and oxygen atoms in total. The van der Waals surface area contributed by atoms with Gasteiger partial charge >= 0.3 is 5.97 Å². The van der Waals surface area contributed by atoms with Gasteiger partial charge in [0.2, 0.25) is 0 Å². The molecule has 120 valence electrons. The van der Waals surface area contributed by atoms with Gasteiger partial charge < -0.3 is 10.1 Å². The second-order valence-corrected chi connectivity index (χ2v) is 6.07. The van der Waals surface area contributed by atoms with Crippen LogP contribution in [-0.2, 0) is 9.53 Å². The van der Waals surface area contributed by atoms with E-state index in [-0.39, 0.29) is 22.5 Å². The number of nitrogens with one attached hydrogen (secondary N) is 1. The predicted molar refractivity (Wildman–Crippen MR) is 81.3 cm³/mol. The van der Waals surface area contributed by atoms with Crippen LogP contribution in [0.25, 0.3) is 0 Å². The van der Waals surface area contributed by atoms with Crippen molar-refractivity contribution in [2.24, 2.45) is 5.92 Å². The Morgan fingerprint density at radius 3 is 2.77 bits per heavy atom. The van der Waals surface area contributed by atoms with E-state index < -0.39 is 18.4 Å². The summed E-state index contributed by atoms with van der Waals surface area (Å²) in [7, 11) is 0. The molecule has 1 aliphatic rings. The topological polar surface area (TPSA) is 55.4 Å². The lowest BCUT2D eigenvalue weighted by molar-refractivity contribution is -0.125. The number of esters is 1. The fourth-order valence-corrected chi connectivity index (χ4v) is 2.80. The summed E-state index contributed by atoms with van der Waals surface area (Å²) in [5, 5.41) is 3.06. The number of rotatable bonds is 4. The average Bonchev–Trinajstić information content (AvgIpc) is 2.47. The van der Waals surface area contributed by atoms with Crippen molar-refractivity contribution in [1.29, 1.82) is 0 Å². The number of carbonyl (C=O) groups is 2. The van der Waals surface area contributed by atoms with Crippen LogP contribution in [0.15, 0.2) is 18.2 Å². The van der Waals surface area contributed by atoms with E-state index in [0.29, 0.717) is 5.92 Å². The van der Waals surface area contributed by atoms with Crippen LogP contribution in [0.3, 0.4) is 0 Å². The van der Waals surface area contributed by atoms with E-state index in [9.17, 15) is 14.0 Å². The van der Waals surface area contributed by atoms with Gasteiger partial charge in [-0.25, -0.2) is 9.18 Å². The first kappa shape index (κ1) is 16.7. The van der Waals surface area contributed by atoms with Gasteiger partial charge in [-0.3, -0.25) is 4.79 Å². The summed E-state index contributed by atoms with van der Waals surface area (Å²) in [6.45, 7) is 1.68. The monoisotopic (exact) mass is 327 g/mol. The molecule has 0 spiro atoms. The van der Waals surface area contributed by atoms with Crippen LogP contribution in [0, 0.1) is 11.7 Å². The second kappa shape index (κ2) is 7.58. The molecule has 1 N–H and O–H groups in total. The molecule has 0 radical (unpaired) electrons. The Kier molecular flexibility index (Phi) is 5.77. The number of hydrogen-bond acceptors (Lipinski definition) is 3. The van der Waals surface area contributed by atoms with Crippen molar-refractivity contribution in [3.05, 3.63) is 34.6 Å². The zero-order valence-electron chi connectivity index (χ0n) is 12.4. The molecule has 2 rings (SSSR count). The van der Waals surface area contributed by atoms with Crippen molar-refractivity contribution in [2.45, 2.75) is 38.6 Å². The highest BCUT2D eigenvalue weighted by atomic mass is 35.5. The van der Waals surface area contributed by atoms with E-state index in [1.54, 1.807) is 0 Å². The molecule has 1 aliphatic carbocycles. The van der Waals surface area contributed by atoms with E-state index in [0.717, 1.165) is 25.3 Å². The van der Waals surface area contributed by atoms with Gasteiger partial charge in [-0.15, -0.1) is 0 Å². The molecule has 1 aromatic carbocycles. The molecule has 0 saturated heterocycles. The summed E-state index contributed by atoms with van der Waals surface area (Å²) in [4.78, 5) is 23.6. The first-order chi connectivity index (χ1) is 10.5. The fraction of sp³-hybridized carbons (Fsp3) is 0.500. The standard InChI is InChI=1S/C16H19ClFNO3/c1-10-4-2-3-5-14(10)19-15(20)9-22-16(21)12-7-6-11(17)8-13(12)18/h6-8,10,14H,2-5,9H2,1H3,(H,19,20)/t10-,14-/m1/s1. The van der Waals surface area contributed by atoms with Crippen molar-refractivity contribution < 1.29 is 18.7 Å². The maximum Gasteiger partial charge on any atom is 0.341 e. The van der Waals surface area contributed by atoms with Gasteiger partial charge in [0.25, 0.3) is 5.91 Å². The summed E-state index contributed by atoms with van der Waals surface area (Å²) in [5.74, 6) is -1.58. The molecule has 22 heavy (non-hydrogen) atoms. The third-order valence-corrected chi connectivity index (χ3v) is 4.18. The third-order valence-electron chi connectivity index (χ3n) is 3.94. The second-order valence-electron chi connectivity index (χ2n) is 5.64. The Labute approximate surface area is 134 Å². The van der Waals surface area contributed by atoms with Crippen molar-refractivity contribution in [1.82, 2.24) is 5.32 Å². The average molecular weight is 328 g/mol. The zero-order chi connectivity index (χ0) is 16.1. The summed E-state index contributed by atoms with van der Waals surface area (Å²) >= 11 is 5.62. The number of amides is 1. The largest absolute Gasteiger partial charge is 0.452 e. The normalized spacial score (nSPS) is 21.2. The van der Waals surface area contributed by atoms with Crippen LogP contribution in [-0.4, -0.2) is 24.5 Å². The predicted octanol–water partition coefficient (Wildman–Crippen LogP) is 3.33. The van der Waals surface area contributed by atoms with Gasteiger partial charge in [-0.1, -0.05) is 31.4 Å². The summed E-state index contributed by atoms with van der Waals surface area (Å²) in [6, 6.07) is 3.78. The van der Waals surface area contributed by atoms with Gasteiger partial charge in [0, 0.05) is 11.1 Å².